The predicted octanol–water partition coefficient (Wildman–Crippen LogP) is 3.10. The average Bonchev–Trinajstić information content (AvgIpc) is 2.23. The first-order valence-corrected chi connectivity index (χ1v) is 8.06. The van der Waals surface area contributed by atoms with E-state index >= 15 is 0 Å². The van der Waals surface area contributed by atoms with Gasteiger partial charge in [0.05, 0.1) is 0 Å². The summed E-state index contributed by atoms with van der Waals surface area (Å²) in [5.74, 6) is 0. The molecule has 0 aliphatic rings. The third-order valence-corrected chi connectivity index (χ3v) is 2.87. The second-order valence-electron chi connectivity index (χ2n) is 8.54. The van der Waals surface area contributed by atoms with Crippen molar-refractivity contribution < 1.29 is 14.3 Å². The molecule has 0 heterocycles. The molecule has 0 aromatic rings. The number of carbonyl (C=O) groups excluding carboxylic acids is 1. The van der Waals surface area contributed by atoms with E-state index in [-0.39, 0.29) is 10.8 Å². The zero-order valence-electron chi connectivity index (χ0n) is 15.9. The van der Waals surface area contributed by atoms with Crippen molar-refractivity contribution in [2.24, 2.45) is 10.8 Å². The lowest BCUT2D eigenvalue weighted by atomic mass is 9.96. The lowest BCUT2D eigenvalue weighted by Crippen LogP contribution is -2.33. The van der Waals surface area contributed by atoms with Gasteiger partial charge in [0.15, 0.2) is 0 Å². The number of hydrogen-bond acceptors (Lipinski definition) is 5. The third-order valence-electron chi connectivity index (χ3n) is 2.87. The summed E-state index contributed by atoms with van der Waals surface area (Å²) in [6.45, 7) is 17.2. The van der Waals surface area contributed by atoms with Crippen LogP contribution in [-0.2, 0) is 9.47 Å². The Bertz CT molecular complexity index is 289. The fraction of sp³-hybridized carbons (Fsp3) is 0.941. The van der Waals surface area contributed by atoms with E-state index in [1.54, 1.807) is 0 Å². The molecule has 0 spiro atoms. The Hall–Kier alpha value is -0.810. The molecule has 0 aromatic carbocycles. The molecule has 22 heavy (non-hydrogen) atoms. The van der Waals surface area contributed by atoms with Gasteiger partial charge in [-0.2, -0.15) is 0 Å². The minimum absolute atomic E-state index is 0.243. The Balaban J connectivity index is 3.71. The van der Waals surface area contributed by atoms with Gasteiger partial charge in [-0.1, -0.05) is 41.5 Å². The maximum atomic E-state index is 11.5. The topological polar surface area (TPSA) is 42.0 Å². The van der Waals surface area contributed by atoms with Crippen molar-refractivity contribution >= 4 is 6.16 Å². The van der Waals surface area contributed by atoms with Crippen LogP contribution in [0.4, 0.5) is 4.79 Å². The Labute approximate surface area is 136 Å². The predicted molar refractivity (Wildman–Crippen MR) is 91.2 cm³/mol. The van der Waals surface area contributed by atoms with Crippen molar-refractivity contribution in [3.63, 3.8) is 0 Å². The second kappa shape index (κ2) is 9.36. The molecule has 0 saturated heterocycles. The van der Waals surface area contributed by atoms with Gasteiger partial charge >= 0.3 is 6.16 Å². The molecule has 0 bridgehead atoms. The molecule has 0 unspecified atom stereocenters. The summed E-state index contributed by atoms with van der Waals surface area (Å²) < 4.78 is 10.2. The van der Waals surface area contributed by atoms with Gasteiger partial charge in [0.1, 0.15) is 13.2 Å². The van der Waals surface area contributed by atoms with Crippen molar-refractivity contribution in [2.75, 3.05) is 53.5 Å². The summed E-state index contributed by atoms with van der Waals surface area (Å²) in [6.07, 6.45) is -0.576. The summed E-state index contributed by atoms with van der Waals surface area (Å²) >= 11 is 0. The first kappa shape index (κ1) is 21.2. The zero-order valence-corrected chi connectivity index (χ0v) is 15.9. The van der Waals surface area contributed by atoms with E-state index in [4.69, 9.17) is 9.47 Å². The smallest absolute Gasteiger partial charge is 0.433 e. The van der Waals surface area contributed by atoms with E-state index in [0.29, 0.717) is 13.2 Å². The van der Waals surface area contributed by atoms with Gasteiger partial charge in [0, 0.05) is 26.2 Å². The fourth-order valence-electron chi connectivity index (χ4n) is 2.39. The maximum Gasteiger partial charge on any atom is 0.508 e. The number of hydrogen-bond donors (Lipinski definition) is 0. The molecule has 0 N–H and O–H groups in total. The molecule has 0 radical (unpaired) electrons. The van der Waals surface area contributed by atoms with Crippen molar-refractivity contribution in [1.29, 1.82) is 0 Å². The Morgan fingerprint density at radius 1 is 0.773 bits per heavy atom. The molecule has 5 nitrogen and oxygen atoms in total. The standard InChI is InChI=1S/C17H36N2O3/c1-16(2,3)13-18(7)9-11-21-15(20)22-12-10-19(8)14-17(4,5)6/h9-14H2,1-8H3. The Kier molecular flexibility index (Phi) is 9.01. The highest BCUT2D eigenvalue weighted by molar-refractivity contribution is 5.59. The van der Waals surface area contributed by atoms with E-state index < -0.39 is 6.16 Å². The quantitative estimate of drug-likeness (QED) is 0.644. The summed E-state index contributed by atoms with van der Waals surface area (Å²) in [6, 6.07) is 0. The fourth-order valence-corrected chi connectivity index (χ4v) is 2.39. The molecular formula is C17H36N2O3. The van der Waals surface area contributed by atoms with Crippen LogP contribution in [0.25, 0.3) is 0 Å². The molecule has 0 aromatic heterocycles. The Morgan fingerprint density at radius 3 is 1.36 bits per heavy atom. The van der Waals surface area contributed by atoms with Gasteiger partial charge in [-0.25, -0.2) is 4.79 Å². The van der Waals surface area contributed by atoms with Crippen LogP contribution in [-0.4, -0.2) is 69.4 Å². The molecule has 0 aliphatic carbocycles. The normalized spacial score (nSPS) is 12.8. The van der Waals surface area contributed by atoms with Gasteiger partial charge in [-0.15, -0.1) is 0 Å². The summed E-state index contributed by atoms with van der Waals surface area (Å²) in [5, 5.41) is 0. The molecule has 0 atom stereocenters. The third kappa shape index (κ3) is 14.1. The molecule has 0 amide bonds. The van der Waals surface area contributed by atoms with Crippen molar-refractivity contribution in [1.82, 2.24) is 9.80 Å². The average molecular weight is 316 g/mol. The van der Waals surface area contributed by atoms with E-state index in [2.05, 4.69) is 51.3 Å². The zero-order chi connectivity index (χ0) is 17.4. The number of ether oxygens (including phenoxy) is 2. The molecular weight excluding hydrogens is 280 g/mol. The largest absolute Gasteiger partial charge is 0.508 e. The van der Waals surface area contributed by atoms with Crippen molar-refractivity contribution in [3.05, 3.63) is 0 Å². The van der Waals surface area contributed by atoms with Crippen LogP contribution in [0.3, 0.4) is 0 Å². The first-order valence-electron chi connectivity index (χ1n) is 8.06. The minimum Gasteiger partial charge on any atom is -0.433 e. The van der Waals surface area contributed by atoms with Gasteiger partial charge in [0.25, 0.3) is 0 Å². The SMILES string of the molecule is CN(CCOC(=O)OCCN(C)CC(C)(C)C)CC(C)(C)C. The molecule has 0 rings (SSSR count). The van der Waals surface area contributed by atoms with Crippen molar-refractivity contribution in [2.45, 2.75) is 41.5 Å². The van der Waals surface area contributed by atoms with E-state index in [9.17, 15) is 4.79 Å². The van der Waals surface area contributed by atoms with E-state index in [0.717, 1.165) is 26.2 Å². The van der Waals surface area contributed by atoms with Crippen LogP contribution in [0.15, 0.2) is 0 Å². The number of nitrogens with zero attached hydrogens (tertiary/aromatic N) is 2. The van der Waals surface area contributed by atoms with Crippen LogP contribution in [0.2, 0.25) is 0 Å². The van der Waals surface area contributed by atoms with Crippen molar-refractivity contribution in [3.8, 4) is 0 Å². The van der Waals surface area contributed by atoms with Crippen LogP contribution in [0.5, 0.6) is 0 Å². The molecule has 5 heteroatoms. The maximum absolute atomic E-state index is 11.5. The molecule has 0 aliphatic heterocycles. The van der Waals surface area contributed by atoms with E-state index in [1.807, 2.05) is 14.1 Å². The molecule has 0 saturated carbocycles. The van der Waals surface area contributed by atoms with Crippen LogP contribution >= 0.6 is 0 Å². The number of carbonyl (C=O) groups is 1. The summed E-state index contributed by atoms with van der Waals surface area (Å²) in [5.41, 5.74) is 0.486. The lowest BCUT2D eigenvalue weighted by Gasteiger charge is -2.26. The van der Waals surface area contributed by atoms with Crippen LogP contribution < -0.4 is 0 Å². The first-order chi connectivity index (χ1) is 9.89. The highest BCUT2D eigenvalue weighted by atomic mass is 16.7. The highest BCUT2D eigenvalue weighted by Crippen LogP contribution is 2.14. The Morgan fingerprint density at radius 2 is 1.09 bits per heavy atom. The van der Waals surface area contributed by atoms with Gasteiger partial charge < -0.3 is 19.3 Å². The minimum atomic E-state index is -0.576. The molecule has 0 fully saturated rings. The highest BCUT2D eigenvalue weighted by Gasteiger charge is 2.15. The van der Waals surface area contributed by atoms with E-state index in [1.165, 1.54) is 0 Å². The van der Waals surface area contributed by atoms with Gasteiger partial charge in [-0.3, -0.25) is 0 Å². The summed E-state index contributed by atoms with van der Waals surface area (Å²) in [4.78, 5) is 15.8. The van der Waals surface area contributed by atoms with Crippen LogP contribution in [0, 0.1) is 10.8 Å². The second-order valence-corrected chi connectivity index (χ2v) is 8.54. The van der Waals surface area contributed by atoms with Gasteiger partial charge in [-0.05, 0) is 24.9 Å². The number of rotatable bonds is 8. The number of likely N-dealkylation sites (N-methyl/N-ethyl adjacent to an activating group) is 2. The monoisotopic (exact) mass is 316 g/mol. The molecule has 132 valence electrons. The van der Waals surface area contributed by atoms with Gasteiger partial charge in [0.2, 0.25) is 0 Å². The van der Waals surface area contributed by atoms with Crippen LogP contribution in [0.1, 0.15) is 41.5 Å². The summed E-state index contributed by atoms with van der Waals surface area (Å²) in [7, 11) is 4.06. The lowest BCUT2D eigenvalue weighted by molar-refractivity contribution is 0.0414.